The van der Waals surface area contributed by atoms with Crippen molar-refractivity contribution in [1.29, 1.82) is 0 Å². The number of alkyl halides is 1. The van der Waals surface area contributed by atoms with Gasteiger partial charge in [0.15, 0.2) is 0 Å². The summed E-state index contributed by atoms with van der Waals surface area (Å²) in [5, 5.41) is -0.252. The number of halogens is 3. The number of imidazole rings is 1. The Balaban J connectivity index is 2.62. The van der Waals surface area contributed by atoms with Crippen molar-refractivity contribution in [3.63, 3.8) is 0 Å². The first-order chi connectivity index (χ1) is 8.93. The maximum atomic E-state index is 13.6. The van der Waals surface area contributed by atoms with Crippen LogP contribution in [0.25, 0.3) is 11.0 Å². The van der Waals surface area contributed by atoms with Crippen LogP contribution in [-0.2, 0) is 11.3 Å². The molecule has 3 nitrogen and oxygen atoms in total. The van der Waals surface area contributed by atoms with Crippen LogP contribution in [0.3, 0.4) is 0 Å². The number of rotatable bonds is 4. The first-order valence-electron chi connectivity index (χ1n) is 5.96. The largest absolute Gasteiger partial charge is 0.380 e. The minimum Gasteiger partial charge on any atom is -0.380 e. The highest BCUT2D eigenvalue weighted by molar-refractivity contribution is 9.10. The smallest absolute Gasteiger partial charge is 0.139 e. The second-order valence-corrected chi connectivity index (χ2v) is 6.01. The van der Waals surface area contributed by atoms with Crippen LogP contribution < -0.4 is 0 Å². The molecule has 0 saturated carbocycles. The van der Waals surface area contributed by atoms with E-state index in [1.54, 1.807) is 13.2 Å². The van der Waals surface area contributed by atoms with E-state index in [1.807, 2.05) is 18.4 Å². The topological polar surface area (TPSA) is 27.1 Å². The Hall–Kier alpha value is -0.650. The van der Waals surface area contributed by atoms with E-state index in [0.29, 0.717) is 16.5 Å². The van der Waals surface area contributed by atoms with E-state index in [1.165, 1.54) is 6.07 Å². The molecule has 1 aromatic carbocycles. The highest BCUT2D eigenvalue weighted by Gasteiger charge is 2.18. The van der Waals surface area contributed by atoms with Crippen molar-refractivity contribution >= 4 is 38.6 Å². The maximum absolute atomic E-state index is 13.6. The van der Waals surface area contributed by atoms with Gasteiger partial charge in [-0.15, -0.1) is 11.6 Å². The third-order valence-corrected chi connectivity index (χ3v) is 3.82. The molecule has 104 valence electrons. The van der Waals surface area contributed by atoms with Crippen molar-refractivity contribution < 1.29 is 9.13 Å². The molecule has 0 N–H and O–H groups in total. The molecule has 2 atom stereocenters. The van der Waals surface area contributed by atoms with Crippen molar-refractivity contribution in [2.75, 3.05) is 7.11 Å². The normalized spacial score (nSPS) is 14.8. The first-order valence-corrected chi connectivity index (χ1v) is 7.19. The Bertz CT molecular complexity index is 600. The third-order valence-electron chi connectivity index (χ3n) is 3.02. The molecule has 1 heterocycles. The number of aromatic nitrogens is 2. The van der Waals surface area contributed by atoms with Crippen molar-refractivity contribution in [2.45, 2.75) is 31.9 Å². The molecule has 0 saturated heterocycles. The molecule has 6 heteroatoms. The van der Waals surface area contributed by atoms with Gasteiger partial charge in [0.2, 0.25) is 0 Å². The fourth-order valence-electron chi connectivity index (χ4n) is 1.97. The molecule has 2 aromatic rings. The maximum Gasteiger partial charge on any atom is 0.139 e. The summed E-state index contributed by atoms with van der Waals surface area (Å²) in [5.41, 5.74) is 1.45. The minimum absolute atomic E-state index is 0.0235. The van der Waals surface area contributed by atoms with Gasteiger partial charge in [-0.3, -0.25) is 0 Å². The molecule has 0 radical (unpaired) electrons. The molecule has 0 aliphatic heterocycles. The van der Waals surface area contributed by atoms with Gasteiger partial charge in [-0.2, -0.15) is 0 Å². The number of hydrogen-bond acceptors (Lipinski definition) is 2. The first kappa shape index (κ1) is 14.8. The summed E-state index contributed by atoms with van der Waals surface area (Å²) >= 11 is 9.36. The van der Waals surface area contributed by atoms with E-state index in [4.69, 9.17) is 16.3 Å². The molecule has 0 spiro atoms. The summed E-state index contributed by atoms with van der Waals surface area (Å²) in [7, 11) is 1.66. The molecule has 0 aliphatic rings. The van der Waals surface area contributed by atoms with Crippen LogP contribution in [0.4, 0.5) is 4.39 Å². The van der Waals surface area contributed by atoms with Crippen LogP contribution >= 0.6 is 27.5 Å². The zero-order valence-electron chi connectivity index (χ0n) is 11.0. The van der Waals surface area contributed by atoms with Gasteiger partial charge >= 0.3 is 0 Å². The molecular weight excluding hydrogens is 335 g/mol. The lowest BCUT2D eigenvalue weighted by molar-refractivity contribution is 0.103. The Morgan fingerprint density at radius 2 is 2.16 bits per heavy atom. The number of ether oxygens (including phenoxy) is 1. The van der Waals surface area contributed by atoms with Crippen molar-refractivity contribution in [2.24, 2.45) is 0 Å². The van der Waals surface area contributed by atoms with E-state index in [0.717, 1.165) is 11.3 Å². The highest BCUT2D eigenvalue weighted by atomic mass is 79.9. The van der Waals surface area contributed by atoms with Crippen LogP contribution in [0.1, 0.15) is 25.0 Å². The fraction of sp³-hybridized carbons (Fsp3) is 0.462. The Labute approximate surface area is 124 Å². The van der Waals surface area contributed by atoms with Gasteiger partial charge in [0.25, 0.3) is 0 Å². The molecule has 0 bridgehead atoms. The summed E-state index contributed by atoms with van der Waals surface area (Å²) in [6.07, 6.45) is 0.0235. The van der Waals surface area contributed by atoms with Crippen LogP contribution in [0, 0.1) is 5.82 Å². The predicted octanol–water partition coefficient (Wildman–Crippen LogP) is 4.27. The number of benzene rings is 1. The Morgan fingerprint density at radius 3 is 2.74 bits per heavy atom. The van der Waals surface area contributed by atoms with E-state index >= 15 is 0 Å². The van der Waals surface area contributed by atoms with Crippen LogP contribution in [0.15, 0.2) is 16.6 Å². The highest BCUT2D eigenvalue weighted by Crippen LogP contribution is 2.28. The second kappa shape index (κ2) is 5.77. The lowest BCUT2D eigenvalue weighted by Gasteiger charge is -2.15. The average Bonchev–Trinajstić information content (AvgIpc) is 2.68. The van der Waals surface area contributed by atoms with Crippen molar-refractivity contribution in [1.82, 2.24) is 9.55 Å². The SMILES string of the molecule is COC(C)Cn1c(C(C)Cl)nc2cc(F)c(Br)cc21. The predicted molar refractivity (Wildman–Crippen MR) is 78.1 cm³/mol. The standard InChI is InChI=1S/C13H15BrClFN2O/c1-7(19-3)6-18-12-4-9(14)10(16)5-11(12)17-13(18)8(2)15/h4-5,7-8H,6H2,1-3H3. The number of nitrogens with zero attached hydrogens (tertiary/aromatic N) is 2. The lowest BCUT2D eigenvalue weighted by Crippen LogP contribution is -2.17. The Kier molecular flexibility index (Phi) is 4.48. The van der Waals surface area contributed by atoms with E-state index in [-0.39, 0.29) is 17.3 Å². The van der Waals surface area contributed by atoms with Crippen molar-refractivity contribution in [3.05, 3.63) is 28.2 Å². The van der Waals surface area contributed by atoms with Gasteiger partial charge in [0, 0.05) is 13.2 Å². The summed E-state index contributed by atoms with van der Waals surface area (Å²) in [5.74, 6) is 0.392. The minimum atomic E-state index is -0.328. The third kappa shape index (κ3) is 2.93. The number of hydrogen-bond donors (Lipinski definition) is 0. The lowest BCUT2D eigenvalue weighted by atomic mass is 10.3. The zero-order chi connectivity index (χ0) is 14.2. The fourth-order valence-corrected chi connectivity index (χ4v) is 2.46. The Morgan fingerprint density at radius 1 is 1.47 bits per heavy atom. The number of fused-ring (bicyclic) bond motifs is 1. The molecule has 0 fully saturated rings. The molecule has 19 heavy (non-hydrogen) atoms. The van der Waals surface area contributed by atoms with E-state index in [2.05, 4.69) is 20.9 Å². The number of methoxy groups -OCH3 is 1. The summed E-state index contributed by atoms with van der Waals surface area (Å²) in [4.78, 5) is 4.42. The molecule has 2 unspecified atom stereocenters. The summed E-state index contributed by atoms with van der Waals surface area (Å²) < 4.78 is 21.2. The molecular formula is C13H15BrClFN2O. The van der Waals surface area contributed by atoms with Gasteiger partial charge < -0.3 is 9.30 Å². The van der Waals surface area contributed by atoms with Gasteiger partial charge in [-0.25, -0.2) is 9.37 Å². The molecule has 1 aromatic heterocycles. The quantitative estimate of drug-likeness (QED) is 0.771. The monoisotopic (exact) mass is 348 g/mol. The van der Waals surface area contributed by atoms with Crippen molar-refractivity contribution in [3.8, 4) is 0 Å². The van der Waals surface area contributed by atoms with Gasteiger partial charge in [0.1, 0.15) is 11.6 Å². The van der Waals surface area contributed by atoms with Crippen LogP contribution in [0.5, 0.6) is 0 Å². The zero-order valence-corrected chi connectivity index (χ0v) is 13.3. The van der Waals surface area contributed by atoms with Crippen LogP contribution in [-0.4, -0.2) is 22.8 Å². The van der Waals surface area contributed by atoms with Gasteiger partial charge in [0.05, 0.1) is 33.5 Å². The van der Waals surface area contributed by atoms with E-state index in [9.17, 15) is 4.39 Å². The molecule has 2 rings (SSSR count). The second-order valence-electron chi connectivity index (χ2n) is 4.50. The van der Waals surface area contributed by atoms with Crippen LogP contribution in [0.2, 0.25) is 0 Å². The van der Waals surface area contributed by atoms with Gasteiger partial charge in [-0.05, 0) is 35.8 Å². The molecule has 0 aliphatic carbocycles. The van der Waals surface area contributed by atoms with Gasteiger partial charge in [-0.1, -0.05) is 0 Å². The summed E-state index contributed by atoms with van der Waals surface area (Å²) in [6.45, 7) is 4.44. The summed E-state index contributed by atoms with van der Waals surface area (Å²) in [6, 6.07) is 3.14. The molecule has 0 amide bonds. The van der Waals surface area contributed by atoms with E-state index < -0.39 is 0 Å². The average molecular weight is 350 g/mol.